The van der Waals surface area contributed by atoms with Crippen LogP contribution in [0, 0.1) is 13.8 Å². The number of rotatable bonds is 3. The van der Waals surface area contributed by atoms with Gasteiger partial charge in [-0.05, 0) is 25.3 Å². The third-order valence-electron chi connectivity index (χ3n) is 2.94. The summed E-state index contributed by atoms with van der Waals surface area (Å²) in [7, 11) is 0. The zero-order valence-electron chi connectivity index (χ0n) is 11.3. The Morgan fingerprint density at radius 1 is 1.48 bits per heavy atom. The summed E-state index contributed by atoms with van der Waals surface area (Å²) in [5.74, 6) is 0.137. The molecule has 0 aromatic carbocycles. The molecule has 108 valence electrons. The number of ether oxygens (including phenoxy) is 1. The van der Waals surface area contributed by atoms with E-state index in [-0.39, 0.29) is 12.2 Å². The molecule has 0 amide bonds. The molecule has 0 aliphatic carbocycles. The first-order valence-electron chi connectivity index (χ1n) is 6.12. The van der Waals surface area contributed by atoms with Gasteiger partial charge < -0.3 is 14.2 Å². The zero-order valence-corrected chi connectivity index (χ0v) is 12.1. The average molecular weight is 305 g/mol. The van der Waals surface area contributed by atoms with E-state index < -0.39 is 5.97 Å². The van der Waals surface area contributed by atoms with Gasteiger partial charge in [0.15, 0.2) is 0 Å². The van der Waals surface area contributed by atoms with Crippen molar-refractivity contribution in [2.45, 2.75) is 20.5 Å². The molecule has 0 spiro atoms. The van der Waals surface area contributed by atoms with Crippen molar-refractivity contribution in [3.63, 3.8) is 0 Å². The van der Waals surface area contributed by atoms with Crippen LogP contribution >= 0.6 is 11.3 Å². The van der Waals surface area contributed by atoms with Gasteiger partial charge in [-0.1, -0.05) is 5.16 Å². The molecule has 7 nitrogen and oxygen atoms in total. The van der Waals surface area contributed by atoms with Gasteiger partial charge in [-0.15, -0.1) is 11.3 Å². The Morgan fingerprint density at radius 3 is 3.00 bits per heavy atom. The Labute approximate surface area is 122 Å². The highest BCUT2D eigenvalue weighted by Crippen LogP contribution is 2.16. The SMILES string of the molecule is Cc1noc(C)c1C(=O)OCc1nc2ccsc2c(=O)[nH]1. The first kappa shape index (κ1) is 13.5. The molecule has 3 aromatic rings. The molecule has 21 heavy (non-hydrogen) atoms. The Kier molecular flexibility index (Phi) is 3.30. The summed E-state index contributed by atoms with van der Waals surface area (Å²) in [6, 6.07) is 1.74. The molecule has 1 N–H and O–H groups in total. The van der Waals surface area contributed by atoms with Crippen LogP contribution in [0.15, 0.2) is 20.8 Å². The number of fused-ring (bicyclic) bond motifs is 1. The van der Waals surface area contributed by atoms with E-state index in [1.54, 1.807) is 25.3 Å². The number of thiophene rings is 1. The number of aromatic nitrogens is 3. The average Bonchev–Trinajstić information content (AvgIpc) is 3.03. The lowest BCUT2D eigenvalue weighted by molar-refractivity contribution is 0.0459. The third kappa shape index (κ3) is 2.45. The summed E-state index contributed by atoms with van der Waals surface area (Å²) in [5, 5.41) is 5.48. The van der Waals surface area contributed by atoms with Gasteiger partial charge in [0.25, 0.3) is 5.56 Å². The van der Waals surface area contributed by atoms with Crippen molar-refractivity contribution >= 4 is 27.5 Å². The quantitative estimate of drug-likeness (QED) is 0.743. The van der Waals surface area contributed by atoms with Crippen molar-refractivity contribution in [3.05, 3.63) is 44.6 Å². The molecule has 3 heterocycles. The molecular formula is C13H11N3O4S. The second-order valence-corrected chi connectivity index (χ2v) is 5.34. The lowest BCUT2D eigenvalue weighted by atomic mass is 10.2. The minimum atomic E-state index is -0.556. The first-order chi connectivity index (χ1) is 10.1. The van der Waals surface area contributed by atoms with Crippen molar-refractivity contribution in [1.29, 1.82) is 0 Å². The Hall–Kier alpha value is -2.48. The van der Waals surface area contributed by atoms with Crippen LogP contribution in [0.5, 0.6) is 0 Å². The minimum Gasteiger partial charge on any atom is -0.454 e. The molecule has 0 aliphatic heterocycles. The predicted octanol–water partition coefficient (Wildman–Crippen LogP) is 1.95. The van der Waals surface area contributed by atoms with Crippen molar-refractivity contribution in [1.82, 2.24) is 15.1 Å². The summed E-state index contributed by atoms with van der Waals surface area (Å²) >= 11 is 1.31. The Bertz CT molecular complexity index is 858. The Balaban J connectivity index is 1.80. The van der Waals surface area contributed by atoms with Gasteiger partial charge >= 0.3 is 5.97 Å². The number of H-pyrrole nitrogens is 1. The number of hydrogen-bond donors (Lipinski definition) is 1. The molecule has 3 rings (SSSR count). The van der Waals surface area contributed by atoms with E-state index in [9.17, 15) is 9.59 Å². The van der Waals surface area contributed by atoms with E-state index >= 15 is 0 Å². The van der Waals surface area contributed by atoms with E-state index in [2.05, 4.69) is 15.1 Å². The number of aryl methyl sites for hydroxylation is 2. The van der Waals surface area contributed by atoms with Crippen LogP contribution in [-0.2, 0) is 11.3 Å². The van der Waals surface area contributed by atoms with E-state index in [0.29, 0.717) is 33.1 Å². The van der Waals surface area contributed by atoms with Crippen molar-refractivity contribution < 1.29 is 14.1 Å². The topological polar surface area (TPSA) is 98.1 Å². The van der Waals surface area contributed by atoms with Crippen LogP contribution in [0.4, 0.5) is 0 Å². The van der Waals surface area contributed by atoms with E-state index in [0.717, 1.165) is 0 Å². The van der Waals surface area contributed by atoms with Gasteiger partial charge in [-0.3, -0.25) is 4.79 Å². The van der Waals surface area contributed by atoms with Crippen molar-refractivity contribution in [3.8, 4) is 0 Å². The van der Waals surface area contributed by atoms with Gasteiger partial charge in [-0.2, -0.15) is 0 Å². The molecule has 3 aromatic heterocycles. The predicted molar refractivity (Wildman–Crippen MR) is 75.3 cm³/mol. The summed E-state index contributed by atoms with van der Waals surface area (Å²) in [5.41, 5.74) is 1.12. The maximum atomic E-state index is 12.0. The number of carbonyl (C=O) groups excluding carboxylic acids is 1. The van der Waals surface area contributed by atoms with E-state index in [4.69, 9.17) is 9.26 Å². The minimum absolute atomic E-state index is 0.121. The van der Waals surface area contributed by atoms with Crippen molar-refractivity contribution in [2.24, 2.45) is 0 Å². The second kappa shape index (κ2) is 5.13. The highest BCUT2D eigenvalue weighted by atomic mass is 32.1. The lowest BCUT2D eigenvalue weighted by Crippen LogP contribution is -2.14. The standard InChI is InChI=1S/C13H11N3O4S/c1-6-10(7(2)20-16-6)13(18)19-5-9-14-8-3-4-21-11(8)12(17)15-9/h3-4H,5H2,1-2H3,(H,14,15,17). The normalized spacial score (nSPS) is 11.0. The number of hydrogen-bond acceptors (Lipinski definition) is 7. The first-order valence-corrected chi connectivity index (χ1v) is 7.00. The molecule has 0 atom stereocenters. The fourth-order valence-electron chi connectivity index (χ4n) is 1.97. The van der Waals surface area contributed by atoms with E-state index in [1.165, 1.54) is 11.3 Å². The molecule has 8 heteroatoms. The van der Waals surface area contributed by atoms with Crippen LogP contribution < -0.4 is 5.56 Å². The molecule has 0 aliphatic rings. The summed E-state index contributed by atoms with van der Waals surface area (Å²) < 4.78 is 10.6. The zero-order chi connectivity index (χ0) is 15.0. The number of nitrogens with one attached hydrogen (secondary N) is 1. The molecule has 0 radical (unpaired) electrons. The molecule has 0 saturated heterocycles. The summed E-state index contributed by atoms with van der Waals surface area (Å²) in [6.45, 7) is 3.17. The van der Waals surface area contributed by atoms with Gasteiger partial charge in [0.1, 0.15) is 28.5 Å². The molecule has 0 bridgehead atoms. The van der Waals surface area contributed by atoms with Gasteiger partial charge in [-0.25, -0.2) is 9.78 Å². The van der Waals surface area contributed by atoms with Crippen LogP contribution in [0.25, 0.3) is 10.2 Å². The number of esters is 1. The number of nitrogens with zero attached hydrogens (tertiary/aromatic N) is 2. The fourth-order valence-corrected chi connectivity index (χ4v) is 2.70. The largest absolute Gasteiger partial charge is 0.454 e. The second-order valence-electron chi connectivity index (χ2n) is 4.42. The number of aromatic amines is 1. The van der Waals surface area contributed by atoms with Gasteiger partial charge in [0.05, 0.1) is 11.2 Å². The Morgan fingerprint density at radius 2 is 2.29 bits per heavy atom. The maximum absolute atomic E-state index is 12.0. The van der Waals surface area contributed by atoms with Gasteiger partial charge in [0, 0.05) is 0 Å². The van der Waals surface area contributed by atoms with Crippen LogP contribution in [-0.4, -0.2) is 21.1 Å². The summed E-state index contributed by atoms with van der Waals surface area (Å²) in [6.07, 6.45) is 0. The highest BCUT2D eigenvalue weighted by Gasteiger charge is 2.19. The number of carbonyl (C=O) groups is 1. The van der Waals surface area contributed by atoms with E-state index in [1.807, 2.05) is 0 Å². The molecular weight excluding hydrogens is 294 g/mol. The molecule has 0 unspecified atom stereocenters. The fraction of sp³-hybridized carbons (Fsp3) is 0.231. The van der Waals surface area contributed by atoms with Crippen LogP contribution in [0.2, 0.25) is 0 Å². The molecule has 0 fully saturated rings. The molecule has 0 saturated carbocycles. The van der Waals surface area contributed by atoms with Crippen LogP contribution in [0.1, 0.15) is 27.6 Å². The highest BCUT2D eigenvalue weighted by molar-refractivity contribution is 7.17. The van der Waals surface area contributed by atoms with Gasteiger partial charge in [0.2, 0.25) is 0 Å². The lowest BCUT2D eigenvalue weighted by Gasteiger charge is -2.04. The monoisotopic (exact) mass is 305 g/mol. The summed E-state index contributed by atoms with van der Waals surface area (Å²) in [4.78, 5) is 30.6. The van der Waals surface area contributed by atoms with Crippen molar-refractivity contribution in [2.75, 3.05) is 0 Å². The third-order valence-corrected chi connectivity index (χ3v) is 3.84. The smallest absolute Gasteiger partial charge is 0.344 e. The maximum Gasteiger partial charge on any atom is 0.344 e. The van der Waals surface area contributed by atoms with Crippen LogP contribution in [0.3, 0.4) is 0 Å².